The number of unbranched alkanes of at least 4 members (excludes halogenated alkanes) is 5. The molecule has 20 heavy (non-hydrogen) atoms. The van der Waals surface area contributed by atoms with E-state index in [0.29, 0.717) is 6.42 Å². The van der Waals surface area contributed by atoms with E-state index in [9.17, 15) is 4.79 Å². The van der Waals surface area contributed by atoms with Crippen molar-refractivity contribution < 1.29 is 4.79 Å². The molecule has 1 aromatic carbocycles. The molecule has 1 rings (SSSR count). The average Bonchev–Trinajstić information content (AvgIpc) is 2.48. The third-order valence-electron chi connectivity index (χ3n) is 3.56. The second-order valence-corrected chi connectivity index (χ2v) is 5.46. The van der Waals surface area contributed by atoms with Crippen LogP contribution in [0.3, 0.4) is 0 Å². The van der Waals surface area contributed by atoms with Crippen LogP contribution >= 0.6 is 0 Å². The van der Waals surface area contributed by atoms with Crippen LogP contribution in [-0.2, 0) is 11.2 Å². The Hall–Kier alpha value is -1.31. The lowest BCUT2D eigenvalue weighted by atomic mass is 10.1. The molecule has 0 saturated carbocycles. The summed E-state index contributed by atoms with van der Waals surface area (Å²) >= 11 is 0. The number of hydrogen-bond donors (Lipinski definition) is 1. The molecule has 0 aliphatic heterocycles. The summed E-state index contributed by atoms with van der Waals surface area (Å²) in [5.41, 5.74) is 1.35. The van der Waals surface area contributed by atoms with Crippen LogP contribution in [0, 0.1) is 0 Å². The Labute approximate surface area is 124 Å². The Morgan fingerprint density at radius 3 is 2.40 bits per heavy atom. The lowest BCUT2D eigenvalue weighted by Gasteiger charge is -2.05. The Kier molecular flexibility index (Phi) is 9.64. The van der Waals surface area contributed by atoms with Gasteiger partial charge >= 0.3 is 0 Å². The van der Waals surface area contributed by atoms with Gasteiger partial charge in [-0.05, 0) is 24.8 Å². The molecule has 0 radical (unpaired) electrons. The Bertz CT molecular complexity index is 348. The van der Waals surface area contributed by atoms with Gasteiger partial charge in [-0.1, -0.05) is 69.4 Å². The van der Waals surface area contributed by atoms with Crippen molar-refractivity contribution in [3.63, 3.8) is 0 Å². The number of carbonyl (C=O) groups excluding carboxylic acids is 1. The lowest BCUT2D eigenvalue weighted by molar-refractivity contribution is -0.121. The number of hydrogen-bond acceptors (Lipinski definition) is 1. The van der Waals surface area contributed by atoms with Gasteiger partial charge in [0.15, 0.2) is 0 Å². The van der Waals surface area contributed by atoms with E-state index in [0.717, 1.165) is 25.8 Å². The molecule has 2 nitrogen and oxygen atoms in total. The molecule has 0 aliphatic carbocycles. The molecule has 1 N–H and O–H groups in total. The second kappa shape index (κ2) is 11.5. The van der Waals surface area contributed by atoms with E-state index in [-0.39, 0.29) is 5.91 Å². The van der Waals surface area contributed by atoms with Gasteiger partial charge in [-0.3, -0.25) is 4.79 Å². The Balaban J connectivity index is 1.92. The molecule has 0 aliphatic rings. The highest BCUT2D eigenvalue weighted by Crippen LogP contribution is 2.06. The highest BCUT2D eigenvalue weighted by molar-refractivity contribution is 5.75. The largest absolute Gasteiger partial charge is 0.356 e. The van der Waals surface area contributed by atoms with E-state index in [1.165, 1.54) is 37.7 Å². The third kappa shape index (κ3) is 8.73. The van der Waals surface area contributed by atoms with Crippen molar-refractivity contribution in [2.24, 2.45) is 0 Å². The number of amides is 1. The summed E-state index contributed by atoms with van der Waals surface area (Å²) in [4.78, 5) is 11.6. The predicted molar refractivity (Wildman–Crippen MR) is 85.8 cm³/mol. The van der Waals surface area contributed by atoms with Gasteiger partial charge in [0.1, 0.15) is 0 Å². The van der Waals surface area contributed by atoms with Crippen molar-refractivity contribution in [3.8, 4) is 0 Å². The standard InChI is InChI=1S/C18H29NO/c1-2-3-4-5-6-10-15-18(20)19-16-11-14-17-12-8-7-9-13-17/h7-9,12-13H,2-6,10-11,14-16H2,1H3,(H,19,20). The highest BCUT2D eigenvalue weighted by Gasteiger charge is 2.00. The van der Waals surface area contributed by atoms with Gasteiger partial charge in [0.05, 0.1) is 0 Å². The summed E-state index contributed by atoms with van der Waals surface area (Å²) < 4.78 is 0. The Morgan fingerprint density at radius 2 is 1.65 bits per heavy atom. The normalized spacial score (nSPS) is 10.4. The van der Waals surface area contributed by atoms with Crippen molar-refractivity contribution in [1.29, 1.82) is 0 Å². The zero-order valence-electron chi connectivity index (χ0n) is 12.9. The van der Waals surface area contributed by atoms with Crippen LogP contribution < -0.4 is 5.32 Å². The quantitative estimate of drug-likeness (QED) is 0.592. The lowest BCUT2D eigenvalue weighted by Crippen LogP contribution is -2.24. The van der Waals surface area contributed by atoms with Crippen LogP contribution in [0.2, 0.25) is 0 Å². The number of rotatable bonds is 11. The number of benzene rings is 1. The maximum atomic E-state index is 11.6. The molecule has 0 bridgehead atoms. The van der Waals surface area contributed by atoms with Crippen molar-refractivity contribution in [3.05, 3.63) is 35.9 Å². The van der Waals surface area contributed by atoms with Crippen LogP contribution in [0.5, 0.6) is 0 Å². The minimum atomic E-state index is 0.216. The van der Waals surface area contributed by atoms with Crippen molar-refractivity contribution in [2.45, 2.75) is 64.7 Å². The van der Waals surface area contributed by atoms with Gasteiger partial charge < -0.3 is 5.32 Å². The van der Waals surface area contributed by atoms with Crippen LogP contribution in [0.25, 0.3) is 0 Å². The molecule has 0 heterocycles. The van der Waals surface area contributed by atoms with Crippen molar-refractivity contribution in [1.82, 2.24) is 5.32 Å². The maximum Gasteiger partial charge on any atom is 0.219 e. The smallest absolute Gasteiger partial charge is 0.219 e. The summed E-state index contributed by atoms with van der Waals surface area (Å²) in [6.07, 6.45) is 10.2. The zero-order valence-corrected chi connectivity index (χ0v) is 12.9. The molecule has 1 amide bonds. The monoisotopic (exact) mass is 275 g/mol. The maximum absolute atomic E-state index is 11.6. The van der Waals surface area contributed by atoms with Gasteiger partial charge in [-0.25, -0.2) is 0 Å². The van der Waals surface area contributed by atoms with Gasteiger partial charge in [-0.15, -0.1) is 0 Å². The fraction of sp³-hybridized carbons (Fsp3) is 0.611. The van der Waals surface area contributed by atoms with Gasteiger partial charge in [0.25, 0.3) is 0 Å². The first-order chi connectivity index (χ1) is 9.83. The SMILES string of the molecule is CCCCCCCCC(=O)NCCCc1ccccc1. The van der Waals surface area contributed by atoms with E-state index < -0.39 is 0 Å². The van der Waals surface area contributed by atoms with E-state index in [2.05, 4.69) is 36.5 Å². The number of aryl methyl sites for hydroxylation is 1. The average molecular weight is 275 g/mol. The second-order valence-electron chi connectivity index (χ2n) is 5.46. The highest BCUT2D eigenvalue weighted by atomic mass is 16.1. The van der Waals surface area contributed by atoms with Crippen LogP contribution in [0.15, 0.2) is 30.3 Å². The van der Waals surface area contributed by atoms with Crippen molar-refractivity contribution in [2.75, 3.05) is 6.54 Å². The first-order valence-electron chi connectivity index (χ1n) is 8.13. The minimum absolute atomic E-state index is 0.216. The summed E-state index contributed by atoms with van der Waals surface area (Å²) in [7, 11) is 0. The van der Waals surface area contributed by atoms with Crippen molar-refractivity contribution >= 4 is 5.91 Å². The molecular weight excluding hydrogens is 246 g/mol. The first-order valence-corrected chi connectivity index (χ1v) is 8.13. The topological polar surface area (TPSA) is 29.1 Å². The Morgan fingerprint density at radius 1 is 0.950 bits per heavy atom. The molecule has 0 fully saturated rings. The van der Waals surface area contributed by atoms with E-state index in [1.54, 1.807) is 0 Å². The zero-order chi connectivity index (χ0) is 14.5. The summed E-state index contributed by atoms with van der Waals surface area (Å²) in [5, 5.41) is 3.02. The molecule has 112 valence electrons. The molecule has 1 aromatic rings. The van der Waals surface area contributed by atoms with Crippen LogP contribution in [-0.4, -0.2) is 12.5 Å². The van der Waals surface area contributed by atoms with Gasteiger partial charge in [0, 0.05) is 13.0 Å². The molecule has 0 unspecified atom stereocenters. The first kappa shape index (κ1) is 16.7. The molecular formula is C18H29NO. The third-order valence-corrected chi connectivity index (χ3v) is 3.56. The number of carbonyl (C=O) groups is 1. The van der Waals surface area contributed by atoms with Gasteiger partial charge in [0.2, 0.25) is 5.91 Å². The summed E-state index contributed by atoms with van der Waals surface area (Å²) in [5.74, 6) is 0.216. The van der Waals surface area contributed by atoms with Crippen LogP contribution in [0.4, 0.5) is 0 Å². The molecule has 0 saturated heterocycles. The minimum Gasteiger partial charge on any atom is -0.356 e. The molecule has 0 spiro atoms. The fourth-order valence-electron chi connectivity index (χ4n) is 2.32. The molecule has 2 heteroatoms. The fourth-order valence-corrected chi connectivity index (χ4v) is 2.32. The van der Waals surface area contributed by atoms with E-state index >= 15 is 0 Å². The number of nitrogens with one attached hydrogen (secondary N) is 1. The predicted octanol–water partition coefficient (Wildman–Crippen LogP) is 4.49. The van der Waals surface area contributed by atoms with E-state index in [4.69, 9.17) is 0 Å². The summed E-state index contributed by atoms with van der Waals surface area (Å²) in [6.45, 7) is 3.02. The van der Waals surface area contributed by atoms with Gasteiger partial charge in [-0.2, -0.15) is 0 Å². The summed E-state index contributed by atoms with van der Waals surface area (Å²) in [6, 6.07) is 10.4. The molecule has 0 atom stereocenters. The van der Waals surface area contributed by atoms with Crippen LogP contribution in [0.1, 0.15) is 63.9 Å². The van der Waals surface area contributed by atoms with E-state index in [1.807, 2.05) is 6.07 Å². The molecule has 0 aromatic heterocycles.